The molecule has 0 bridgehead atoms. The molecule has 18 heavy (non-hydrogen) atoms. The minimum Gasteiger partial charge on any atom is -0.173 e. The second-order valence-electron chi connectivity index (χ2n) is 3.77. The first-order chi connectivity index (χ1) is 8.05. The number of hydrogen-bond acceptors (Lipinski definition) is 0. The van der Waals surface area contributed by atoms with Gasteiger partial charge in [-0.3, -0.25) is 0 Å². The Balaban J connectivity index is 0.00000162. The largest absolute Gasteiger partial charge is 1.00 e. The topological polar surface area (TPSA) is 0 Å². The van der Waals surface area contributed by atoms with Crippen LogP contribution in [0.15, 0.2) is 48.5 Å². The summed E-state index contributed by atoms with van der Waals surface area (Å²) in [7, 11) is 0. The molecule has 2 aromatic carbocycles. The van der Waals surface area contributed by atoms with Crippen LogP contribution in [0.1, 0.15) is 16.7 Å². The standard InChI is InChI=1S/C14H10F3.Li/c15-14(16,17)13-8-6-12(7-9-13)10-11-4-2-1-3-5-11;/h1-8H,10H2;/q-1;+1. The minimum atomic E-state index is -4.31. The summed E-state index contributed by atoms with van der Waals surface area (Å²) in [6.07, 6.45) is -3.69. The van der Waals surface area contributed by atoms with E-state index in [9.17, 15) is 13.2 Å². The van der Waals surface area contributed by atoms with Crippen LogP contribution in [-0.2, 0) is 12.6 Å². The third kappa shape index (κ3) is 3.94. The van der Waals surface area contributed by atoms with Crippen molar-refractivity contribution in [3.8, 4) is 0 Å². The van der Waals surface area contributed by atoms with Gasteiger partial charge in [-0.1, -0.05) is 41.5 Å². The maximum atomic E-state index is 12.3. The van der Waals surface area contributed by atoms with Crippen LogP contribution in [0.25, 0.3) is 0 Å². The Kier molecular flexibility index (Phi) is 5.07. The molecule has 0 radical (unpaired) electrons. The Hall–Kier alpha value is -1.17. The first-order valence-corrected chi connectivity index (χ1v) is 5.17. The van der Waals surface area contributed by atoms with Crippen LogP contribution in [0.2, 0.25) is 0 Å². The molecule has 0 unspecified atom stereocenters. The van der Waals surface area contributed by atoms with E-state index >= 15 is 0 Å². The Morgan fingerprint density at radius 3 is 2.06 bits per heavy atom. The molecule has 0 aliphatic carbocycles. The van der Waals surface area contributed by atoms with Crippen LogP contribution in [0.4, 0.5) is 13.2 Å². The van der Waals surface area contributed by atoms with Gasteiger partial charge in [0.25, 0.3) is 0 Å². The van der Waals surface area contributed by atoms with Gasteiger partial charge in [-0.2, -0.15) is 43.0 Å². The van der Waals surface area contributed by atoms with Crippen molar-refractivity contribution in [1.29, 1.82) is 0 Å². The Morgan fingerprint density at radius 1 is 0.889 bits per heavy atom. The van der Waals surface area contributed by atoms with Gasteiger partial charge in [0.05, 0.1) is 0 Å². The predicted octanol–water partition coefficient (Wildman–Crippen LogP) is 1.10. The summed E-state index contributed by atoms with van der Waals surface area (Å²) in [4.78, 5) is 0. The summed E-state index contributed by atoms with van der Waals surface area (Å²) < 4.78 is 36.9. The summed E-state index contributed by atoms with van der Waals surface area (Å²) in [6.45, 7) is 0. The SMILES string of the molecule is FC(F)(F)c1[c-]cc(Cc2ccccc2)cc1.[Li+]. The van der Waals surface area contributed by atoms with E-state index < -0.39 is 11.7 Å². The monoisotopic (exact) mass is 242 g/mol. The Morgan fingerprint density at radius 2 is 1.56 bits per heavy atom. The zero-order valence-electron chi connectivity index (χ0n) is 9.96. The molecular formula is C14H10F3Li. The van der Waals surface area contributed by atoms with E-state index in [1.807, 2.05) is 30.3 Å². The molecular weight excluding hydrogens is 232 g/mol. The average molecular weight is 242 g/mol. The van der Waals surface area contributed by atoms with Gasteiger partial charge < -0.3 is 0 Å². The van der Waals surface area contributed by atoms with E-state index in [-0.39, 0.29) is 18.9 Å². The van der Waals surface area contributed by atoms with Gasteiger partial charge in [-0.25, -0.2) is 0 Å². The van der Waals surface area contributed by atoms with Crippen molar-refractivity contribution in [3.05, 3.63) is 71.3 Å². The maximum absolute atomic E-state index is 12.3. The van der Waals surface area contributed by atoms with Crippen LogP contribution in [0.3, 0.4) is 0 Å². The second-order valence-corrected chi connectivity index (χ2v) is 3.77. The smallest absolute Gasteiger partial charge is 0.173 e. The van der Waals surface area contributed by atoms with Gasteiger partial charge >= 0.3 is 25.0 Å². The van der Waals surface area contributed by atoms with Gasteiger partial charge in [-0.05, 0) is 6.42 Å². The molecule has 0 amide bonds. The average Bonchev–Trinajstić information content (AvgIpc) is 2.30. The molecule has 2 rings (SSSR count). The molecule has 0 saturated heterocycles. The summed E-state index contributed by atoms with van der Waals surface area (Å²) in [6, 6.07) is 15.8. The maximum Gasteiger partial charge on any atom is 1.00 e. The molecule has 0 atom stereocenters. The molecule has 2 aromatic rings. The van der Waals surface area contributed by atoms with Crippen LogP contribution in [0, 0.1) is 6.07 Å². The van der Waals surface area contributed by atoms with E-state index in [1.165, 1.54) is 12.1 Å². The van der Waals surface area contributed by atoms with Crippen LogP contribution in [0.5, 0.6) is 0 Å². The van der Waals surface area contributed by atoms with Crippen molar-refractivity contribution in [1.82, 2.24) is 0 Å². The third-order valence-corrected chi connectivity index (χ3v) is 2.43. The van der Waals surface area contributed by atoms with E-state index in [0.29, 0.717) is 6.42 Å². The molecule has 0 N–H and O–H groups in total. The normalized spacial score (nSPS) is 10.8. The number of benzene rings is 2. The van der Waals surface area contributed by atoms with Gasteiger partial charge in [0.2, 0.25) is 0 Å². The first kappa shape index (κ1) is 14.9. The molecule has 0 heterocycles. The molecule has 0 aromatic heterocycles. The molecule has 0 aliphatic rings. The molecule has 0 fully saturated rings. The summed E-state index contributed by atoms with van der Waals surface area (Å²) in [5.41, 5.74) is 1.17. The summed E-state index contributed by atoms with van der Waals surface area (Å²) in [5, 5.41) is 0. The van der Waals surface area contributed by atoms with E-state index in [4.69, 9.17) is 0 Å². The number of halogens is 3. The summed E-state index contributed by atoms with van der Waals surface area (Å²) >= 11 is 0. The summed E-state index contributed by atoms with van der Waals surface area (Å²) in [5.74, 6) is 0. The van der Waals surface area contributed by atoms with Crippen molar-refractivity contribution in [2.45, 2.75) is 12.6 Å². The Bertz CT molecular complexity index is 475. The van der Waals surface area contributed by atoms with E-state index in [0.717, 1.165) is 17.2 Å². The molecule has 0 nitrogen and oxygen atoms in total. The number of rotatable bonds is 2. The van der Waals surface area contributed by atoms with Gasteiger partial charge in [0.1, 0.15) is 0 Å². The van der Waals surface area contributed by atoms with Crippen molar-refractivity contribution in [3.63, 3.8) is 0 Å². The zero-order chi connectivity index (χ0) is 12.3. The fourth-order valence-corrected chi connectivity index (χ4v) is 1.57. The second kappa shape index (κ2) is 6.13. The minimum absolute atomic E-state index is 0. The van der Waals surface area contributed by atoms with Crippen molar-refractivity contribution >= 4 is 0 Å². The van der Waals surface area contributed by atoms with Gasteiger partial charge in [0.15, 0.2) is 0 Å². The predicted molar refractivity (Wildman–Crippen MR) is 59.5 cm³/mol. The van der Waals surface area contributed by atoms with Crippen molar-refractivity contribution in [2.24, 2.45) is 0 Å². The number of alkyl halides is 3. The molecule has 0 aliphatic heterocycles. The van der Waals surface area contributed by atoms with Gasteiger partial charge in [0, 0.05) is 0 Å². The van der Waals surface area contributed by atoms with E-state index in [1.54, 1.807) is 0 Å². The van der Waals surface area contributed by atoms with Crippen molar-refractivity contribution in [2.75, 3.05) is 0 Å². The van der Waals surface area contributed by atoms with Crippen LogP contribution in [-0.4, -0.2) is 0 Å². The quantitative estimate of drug-likeness (QED) is 0.546. The van der Waals surface area contributed by atoms with Crippen LogP contribution < -0.4 is 18.9 Å². The molecule has 88 valence electrons. The fourth-order valence-electron chi connectivity index (χ4n) is 1.57. The number of hydrogen-bond donors (Lipinski definition) is 0. The molecule has 0 spiro atoms. The molecule has 4 heteroatoms. The Labute approximate surface area is 116 Å². The van der Waals surface area contributed by atoms with Gasteiger partial charge in [-0.15, -0.1) is 0 Å². The van der Waals surface area contributed by atoms with E-state index in [2.05, 4.69) is 6.07 Å². The third-order valence-electron chi connectivity index (χ3n) is 2.43. The fraction of sp³-hybridized carbons (Fsp3) is 0.143. The first-order valence-electron chi connectivity index (χ1n) is 5.17. The van der Waals surface area contributed by atoms with Crippen LogP contribution >= 0.6 is 0 Å². The molecule has 0 saturated carbocycles. The zero-order valence-corrected chi connectivity index (χ0v) is 9.96. The van der Waals surface area contributed by atoms with Crippen molar-refractivity contribution < 1.29 is 32.0 Å².